The van der Waals surface area contributed by atoms with Crippen LogP contribution in [0.5, 0.6) is 11.5 Å². The number of hydrazone groups is 1. The molecule has 2 aromatic carbocycles. The molecule has 0 unspecified atom stereocenters. The van der Waals surface area contributed by atoms with E-state index in [4.69, 9.17) is 9.47 Å². The third-order valence-corrected chi connectivity index (χ3v) is 5.15. The van der Waals surface area contributed by atoms with Crippen LogP contribution in [0.3, 0.4) is 0 Å². The van der Waals surface area contributed by atoms with E-state index in [1.54, 1.807) is 31.8 Å². The molecule has 0 aliphatic rings. The molecule has 28 heavy (non-hydrogen) atoms. The number of hydrogen-bond acceptors (Lipinski definition) is 7. The number of fused-ring (bicyclic) bond motifs is 1. The number of aromatic nitrogens is 2. The first-order chi connectivity index (χ1) is 13.8. The van der Waals surface area contributed by atoms with Gasteiger partial charge in [-0.25, -0.2) is 9.97 Å². The summed E-state index contributed by atoms with van der Waals surface area (Å²) >= 11 is 1.58. The maximum atomic E-state index is 5.44. The Morgan fingerprint density at radius 3 is 2.64 bits per heavy atom. The molecule has 0 radical (unpaired) electrons. The molecule has 4 aromatic rings. The van der Waals surface area contributed by atoms with E-state index in [2.05, 4.69) is 38.0 Å². The zero-order chi connectivity index (χ0) is 19.3. The van der Waals surface area contributed by atoms with E-state index in [0.717, 1.165) is 26.9 Å². The van der Waals surface area contributed by atoms with Gasteiger partial charge in [-0.1, -0.05) is 36.4 Å². The SMILES string of the molecule is COc1cccc(/C=N\Nc2ncnc3scc(-c4ccccc4)c23)c1OC. The molecule has 7 heteroatoms. The highest BCUT2D eigenvalue weighted by Crippen LogP contribution is 2.36. The van der Waals surface area contributed by atoms with Crippen LogP contribution in [0.15, 0.2) is 65.3 Å². The first kappa shape index (κ1) is 17.9. The van der Waals surface area contributed by atoms with Crippen LogP contribution in [0.25, 0.3) is 21.3 Å². The van der Waals surface area contributed by atoms with Crippen molar-refractivity contribution in [3.05, 3.63) is 65.8 Å². The Morgan fingerprint density at radius 2 is 1.86 bits per heavy atom. The number of benzene rings is 2. The second-order valence-electron chi connectivity index (χ2n) is 5.87. The Labute approximate surface area is 166 Å². The van der Waals surface area contributed by atoms with E-state index in [1.807, 2.05) is 36.4 Å². The molecule has 2 aromatic heterocycles. The molecule has 6 nitrogen and oxygen atoms in total. The van der Waals surface area contributed by atoms with Crippen molar-refractivity contribution in [2.75, 3.05) is 19.6 Å². The Balaban J connectivity index is 1.68. The molecule has 0 bridgehead atoms. The lowest BCUT2D eigenvalue weighted by atomic mass is 10.1. The topological polar surface area (TPSA) is 68.6 Å². The molecule has 0 aliphatic heterocycles. The normalized spacial score (nSPS) is 11.1. The zero-order valence-corrected chi connectivity index (χ0v) is 16.2. The van der Waals surface area contributed by atoms with E-state index >= 15 is 0 Å². The van der Waals surface area contributed by atoms with Crippen LogP contribution >= 0.6 is 11.3 Å². The third kappa shape index (κ3) is 3.39. The molecule has 0 amide bonds. The number of hydrogen-bond donors (Lipinski definition) is 1. The van der Waals surface area contributed by atoms with Gasteiger partial charge in [0.05, 0.1) is 25.8 Å². The number of para-hydroxylation sites is 1. The minimum absolute atomic E-state index is 0.629. The first-order valence-corrected chi connectivity index (χ1v) is 9.47. The van der Waals surface area contributed by atoms with E-state index in [-0.39, 0.29) is 0 Å². The molecular formula is C21H18N4O2S. The van der Waals surface area contributed by atoms with Gasteiger partial charge >= 0.3 is 0 Å². The predicted molar refractivity (Wildman–Crippen MR) is 114 cm³/mol. The molecule has 0 saturated carbocycles. The number of rotatable bonds is 6. The predicted octanol–water partition coefficient (Wildman–Crippen LogP) is 4.82. The van der Waals surface area contributed by atoms with Crippen molar-refractivity contribution < 1.29 is 9.47 Å². The minimum atomic E-state index is 0.629. The van der Waals surface area contributed by atoms with Crippen LogP contribution in [0.2, 0.25) is 0 Å². The lowest BCUT2D eigenvalue weighted by Crippen LogP contribution is -1.98. The van der Waals surface area contributed by atoms with Gasteiger partial charge in [0.2, 0.25) is 0 Å². The summed E-state index contributed by atoms with van der Waals surface area (Å²) < 4.78 is 10.8. The van der Waals surface area contributed by atoms with Gasteiger partial charge in [-0.15, -0.1) is 11.3 Å². The number of anilines is 1. The lowest BCUT2D eigenvalue weighted by molar-refractivity contribution is 0.354. The van der Waals surface area contributed by atoms with Crippen LogP contribution in [-0.2, 0) is 0 Å². The van der Waals surface area contributed by atoms with Gasteiger partial charge in [0.25, 0.3) is 0 Å². The van der Waals surface area contributed by atoms with Gasteiger partial charge in [0.15, 0.2) is 17.3 Å². The van der Waals surface area contributed by atoms with Crippen molar-refractivity contribution in [3.8, 4) is 22.6 Å². The summed E-state index contributed by atoms with van der Waals surface area (Å²) in [7, 11) is 3.21. The molecule has 2 heterocycles. The van der Waals surface area contributed by atoms with E-state index in [9.17, 15) is 0 Å². The quantitative estimate of drug-likeness (QED) is 0.378. The largest absolute Gasteiger partial charge is 0.493 e. The number of methoxy groups -OCH3 is 2. The Bertz CT molecular complexity index is 1130. The van der Waals surface area contributed by atoms with Crippen LogP contribution in [0, 0.1) is 0 Å². The van der Waals surface area contributed by atoms with Crippen molar-refractivity contribution in [2.24, 2.45) is 5.10 Å². The van der Waals surface area contributed by atoms with Crippen molar-refractivity contribution in [2.45, 2.75) is 0 Å². The highest BCUT2D eigenvalue weighted by molar-refractivity contribution is 7.17. The van der Waals surface area contributed by atoms with Gasteiger partial charge in [0.1, 0.15) is 11.2 Å². The number of ether oxygens (including phenoxy) is 2. The first-order valence-electron chi connectivity index (χ1n) is 8.59. The Morgan fingerprint density at radius 1 is 1.00 bits per heavy atom. The minimum Gasteiger partial charge on any atom is -0.493 e. The molecule has 0 atom stereocenters. The highest BCUT2D eigenvalue weighted by Gasteiger charge is 2.13. The average molecular weight is 390 g/mol. The molecule has 0 fully saturated rings. The van der Waals surface area contributed by atoms with Crippen LogP contribution in [0.1, 0.15) is 5.56 Å². The standard InChI is InChI=1S/C21H18N4O2S/c1-26-17-10-6-9-15(19(17)27-2)11-24-25-20-18-16(14-7-4-3-5-8-14)12-28-21(18)23-13-22-20/h3-13H,1-2H3,(H,22,23,25)/b24-11-. The highest BCUT2D eigenvalue weighted by atomic mass is 32.1. The maximum absolute atomic E-state index is 5.44. The van der Waals surface area contributed by atoms with Crippen molar-refractivity contribution in [3.63, 3.8) is 0 Å². The van der Waals surface area contributed by atoms with Crippen molar-refractivity contribution in [1.82, 2.24) is 9.97 Å². The summed E-state index contributed by atoms with van der Waals surface area (Å²) in [6, 6.07) is 15.8. The molecular weight excluding hydrogens is 372 g/mol. The summed E-state index contributed by atoms with van der Waals surface area (Å²) in [4.78, 5) is 9.68. The van der Waals surface area contributed by atoms with Gasteiger partial charge in [0, 0.05) is 16.5 Å². The molecule has 0 spiro atoms. The van der Waals surface area contributed by atoms with E-state index < -0.39 is 0 Å². The molecule has 140 valence electrons. The van der Waals surface area contributed by atoms with Crippen LogP contribution < -0.4 is 14.9 Å². The molecule has 0 aliphatic carbocycles. The fraction of sp³-hybridized carbons (Fsp3) is 0.0952. The summed E-state index contributed by atoms with van der Waals surface area (Å²) in [6.07, 6.45) is 3.22. The van der Waals surface area contributed by atoms with Crippen molar-refractivity contribution >= 4 is 33.6 Å². The smallest absolute Gasteiger partial charge is 0.169 e. The average Bonchev–Trinajstić information content (AvgIpc) is 3.19. The van der Waals surface area contributed by atoms with Gasteiger partial charge in [-0.3, -0.25) is 5.43 Å². The number of nitrogens with zero attached hydrogens (tertiary/aromatic N) is 3. The zero-order valence-electron chi connectivity index (χ0n) is 15.4. The summed E-state index contributed by atoms with van der Waals surface area (Å²) in [5.41, 5.74) is 6.05. The maximum Gasteiger partial charge on any atom is 0.169 e. The third-order valence-electron chi connectivity index (χ3n) is 4.26. The summed E-state index contributed by atoms with van der Waals surface area (Å²) in [5, 5.41) is 7.41. The van der Waals surface area contributed by atoms with Crippen molar-refractivity contribution in [1.29, 1.82) is 0 Å². The van der Waals surface area contributed by atoms with E-state index in [1.165, 1.54) is 6.33 Å². The second-order valence-corrected chi connectivity index (χ2v) is 6.73. The summed E-state index contributed by atoms with van der Waals surface area (Å²) in [5.74, 6) is 1.94. The fourth-order valence-electron chi connectivity index (χ4n) is 2.97. The Hall–Kier alpha value is -3.45. The second kappa shape index (κ2) is 8.06. The van der Waals surface area contributed by atoms with Gasteiger partial charge in [-0.2, -0.15) is 5.10 Å². The monoisotopic (exact) mass is 390 g/mol. The van der Waals surface area contributed by atoms with Gasteiger partial charge in [-0.05, 0) is 17.7 Å². The van der Waals surface area contributed by atoms with Gasteiger partial charge < -0.3 is 9.47 Å². The fourth-order valence-corrected chi connectivity index (χ4v) is 3.88. The number of nitrogens with one attached hydrogen (secondary N) is 1. The Kier molecular flexibility index (Phi) is 5.16. The number of thiophene rings is 1. The van der Waals surface area contributed by atoms with Crippen LogP contribution in [-0.4, -0.2) is 30.4 Å². The van der Waals surface area contributed by atoms with E-state index in [0.29, 0.717) is 17.3 Å². The lowest BCUT2D eigenvalue weighted by Gasteiger charge is -2.09. The summed E-state index contributed by atoms with van der Waals surface area (Å²) in [6.45, 7) is 0. The molecule has 4 rings (SSSR count). The molecule has 1 N–H and O–H groups in total. The molecule has 0 saturated heterocycles. The van der Waals surface area contributed by atoms with Crippen LogP contribution in [0.4, 0.5) is 5.82 Å².